The van der Waals surface area contributed by atoms with Gasteiger partial charge in [-0.2, -0.15) is 0 Å². The first-order valence-corrected chi connectivity index (χ1v) is 6.71. The second-order valence-corrected chi connectivity index (χ2v) is 5.67. The highest BCUT2D eigenvalue weighted by Crippen LogP contribution is 2.23. The molecule has 0 radical (unpaired) electrons. The van der Waals surface area contributed by atoms with Gasteiger partial charge in [-0.05, 0) is 19.8 Å². The van der Waals surface area contributed by atoms with Crippen molar-refractivity contribution in [2.75, 3.05) is 11.4 Å². The van der Waals surface area contributed by atoms with Crippen LogP contribution in [0, 0.1) is 5.92 Å². The molecule has 1 aromatic rings. The molecule has 5 heteroatoms. The average Bonchev–Trinajstić information content (AvgIpc) is 2.60. The molecule has 4 nitrogen and oxygen atoms in total. The number of carboxylic acids is 1. The van der Waals surface area contributed by atoms with E-state index in [0.29, 0.717) is 17.7 Å². The molecular weight excluding hydrogens is 236 g/mol. The summed E-state index contributed by atoms with van der Waals surface area (Å²) in [5.74, 6) is -0.272. The summed E-state index contributed by atoms with van der Waals surface area (Å²) in [6, 6.07) is 0.376. The molecule has 96 valence electrons. The summed E-state index contributed by atoms with van der Waals surface area (Å²) < 4.78 is 0. The lowest BCUT2D eigenvalue weighted by Gasteiger charge is -2.27. The van der Waals surface area contributed by atoms with Gasteiger partial charge in [0.1, 0.15) is 0 Å². The van der Waals surface area contributed by atoms with Crippen LogP contribution in [-0.2, 0) is 11.2 Å². The Labute approximate surface area is 106 Å². The summed E-state index contributed by atoms with van der Waals surface area (Å²) in [6.45, 7) is 9.53. The van der Waals surface area contributed by atoms with Gasteiger partial charge in [0.15, 0.2) is 5.13 Å². The summed E-state index contributed by atoms with van der Waals surface area (Å²) >= 11 is 1.52. The smallest absolute Gasteiger partial charge is 0.309 e. The zero-order valence-electron chi connectivity index (χ0n) is 10.8. The van der Waals surface area contributed by atoms with E-state index in [1.54, 1.807) is 0 Å². The van der Waals surface area contributed by atoms with Gasteiger partial charge in [-0.15, -0.1) is 11.3 Å². The third-order valence-electron chi connectivity index (χ3n) is 2.30. The number of carboxylic acid groups (broad SMARTS) is 1. The number of thiazole rings is 1. The molecule has 0 amide bonds. The Hall–Kier alpha value is -1.10. The van der Waals surface area contributed by atoms with Gasteiger partial charge in [-0.25, -0.2) is 4.98 Å². The Bertz CT molecular complexity index is 374. The average molecular weight is 256 g/mol. The lowest BCUT2D eigenvalue weighted by atomic mass is 10.2. The number of aromatic nitrogens is 1. The van der Waals surface area contributed by atoms with Crippen LogP contribution in [0.25, 0.3) is 0 Å². The predicted molar refractivity (Wildman–Crippen MR) is 70.8 cm³/mol. The zero-order chi connectivity index (χ0) is 13.0. The van der Waals surface area contributed by atoms with E-state index in [4.69, 9.17) is 5.11 Å². The summed E-state index contributed by atoms with van der Waals surface area (Å²) in [4.78, 5) is 17.2. The predicted octanol–water partition coefficient (Wildman–Crippen LogP) is 2.64. The van der Waals surface area contributed by atoms with Gasteiger partial charge in [-0.1, -0.05) is 13.8 Å². The van der Waals surface area contributed by atoms with E-state index in [1.165, 1.54) is 11.3 Å². The molecular formula is C12H20N2O2S. The normalized spacial score (nSPS) is 11.2. The monoisotopic (exact) mass is 256 g/mol. The van der Waals surface area contributed by atoms with Crippen LogP contribution >= 0.6 is 11.3 Å². The van der Waals surface area contributed by atoms with E-state index >= 15 is 0 Å². The van der Waals surface area contributed by atoms with Crippen molar-refractivity contribution >= 4 is 22.4 Å². The van der Waals surface area contributed by atoms with Gasteiger partial charge in [0.2, 0.25) is 0 Å². The van der Waals surface area contributed by atoms with Crippen molar-refractivity contribution in [1.29, 1.82) is 0 Å². The molecule has 1 heterocycles. The molecule has 0 spiro atoms. The number of anilines is 1. The van der Waals surface area contributed by atoms with E-state index in [9.17, 15) is 4.79 Å². The Morgan fingerprint density at radius 3 is 2.59 bits per heavy atom. The number of nitrogens with zero attached hydrogens (tertiary/aromatic N) is 2. The van der Waals surface area contributed by atoms with Crippen LogP contribution in [0.1, 0.15) is 33.4 Å². The van der Waals surface area contributed by atoms with Crippen molar-refractivity contribution in [2.24, 2.45) is 5.92 Å². The molecule has 0 aliphatic heterocycles. The lowest BCUT2D eigenvalue weighted by molar-refractivity contribution is -0.136. The number of hydrogen-bond donors (Lipinski definition) is 1. The maximum Gasteiger partial charge on any atom is 0.309 e. The quantitative estimate of drug-likeness (QED) is 0.850. The molecule has 0 aromatic carbocycles. The molecule has 0 fully saturated rings. The fraction of sp³-hybridized carbons (Fsp3) is 0.667. The summed E-state index contributed by atoms with van der Waals surface area (Å²) in [5.41, 5.74) is 0.645. The van der Waals surface area contributed by atoms with Crippen LogP contribution < -0.4 is 4.90 Å². The van der Waals surface area contributed by atoms with Crippen molar-refractivity contribution in [2.45, 2.75) is 40.2 Å². The Morgan fingerprint density at radius 2 is 2.12 bits per heavy atom. The molecule has 0 aliphatic rings. The highest BCUT2D eigenvalue weighted by molar-refractivity contribution is 7.13. The number of rotatable bonds is 6. The molecule has 1 N–H and O–H groups in total. The largest absolute Gasteiger partial charge is 0.481 e. The third kappa shape index (κ3) is 4.34. The number of aliphatic carboxylic acids is 1. The van der Waals surface area contributed by atoms with Crippen LogP contribution in [0.4, 0.5) is 5.13 Å². The zero-order valence-corrected chi connectivity index (χ0v) is 11.6. The molecule has 0 aliphatic carbocycles. The van der Waals surface area contributed by atoms with Gasteiger partial charge in [-0.3, -0.25) is 4.79 Å². The molecule has 0 unspecified atom stereocenters. The summed E-state index contributed by atoms with van der Waals surface area (Å²) in [6.07, 6.45) is 0.00408. The van der Waals surface area contributed by atoms with Crippen molar-refractivity contribution in [1.82, 2.24) is 4.98 Å². The van der Waals surface area contributed by atoms with Crippen molar-refractivity contribution in [3.05, 3.63) is 11.1 Å². The van der Waals surface area contributed by atoms with Gasteiger partial charge in [0.25, 0.3) is 0 Å². The first-order chi connectivity index (χ1) is 7.90. The Balaban J connectivity index is 2.80. The lowest BCUT2D eigenvalue weighted by Crippen LogP contribution is -2.34. The second kappa shape index (κ2) is 6.00. The molecule has 1 rings (SSSR count). The highest BCUT2D eigenvalue weighted by Gasteiger charge is 2.16. The highest BCUT2D eigenvalue weighted by atomic mass is 32.1. The van der Waals surface area contributed by atoms with Crippen LogP contribution in [-0.4, -0.2) is 28.6 Å². The fourth-order valence-corrected chi connectivity index (χ4v) is 2.54. The Morgan fingerprint density at radius 1 is 1.47 bits per heavy atom. The number of carbonyl (C=O) groups is 1. The van der Waals surface area contributed by atoms with E-state index in [2.05, 4.69) is 37.6 Å². The Kier molecular flexibility index (Phi) is 4.93. The van der Waals surface area contributed by atoms with E-state index < -0.39 is 5.97 Å². The minimum absolute atomic E-state index is 0.00408. The van der Waals surface area contributed by atoms with Crippen molar-refractivity contribution in [3.63, 3.8) is 0 Å². The minimum Gasteiger partial charge on any atom is -0.481 e. The SMILES string of the molecule is CC(C)CN(c1nc(CC(=O)O)cs1)C(C)C. The number of hydrogen-bond acceptors (Lipinski definition) is 4. The third-order valence-corrected chi connectivity index (χ3v) is 3.23. The van der Waals surface area contributed by atoms with Crippen molar-refractivity contribution < 1.29 is 9.90 Å². The molecule has 0 bridgehead atoms. The molecule has 1 aromatic heterocycles. The van der Waals surface area contributed by atoms with Gasteiger partial charge >= 0.3 is 5.97 Å². The van der Waals surface area contributed by atoms with Crippen LogP contribution in [0.2, 0.25) is 0 Å². The first kappa shape index (κ1) is 14.0. The van der Waals surface area contributed by atoms with Crippen LogP contribution in [0.15, 0.2) is 5.38 Å². The van der Waals surface area contributed by atoms with Crippen molar-refractivity contribution in [3.8, 4) is 0 Å². The first-order valence-electron chi connectivity index (χ1n) is 5.83. The maximum absolute atomic E-state index is 10.6. The van der Waals surface area contributed by atoms with Gasteiger partial charge < -0.3 is 10.0 Å². The van der Waals surface area contributed by atoms with Gasteiger partial charge in [0, 0.05) is 18.0 Å². The topological polar surface area (TPSA) is 53.4 Å². The summed E-state index contributed by atoms with van der Waals surface area (Å²) in [7, 11) is 0. The van der Waals surface area contributed by atoms with E-state index in [-0.39, 0.29) is 6.42 Å². The second-order valence-electron chi connectivity index (χ2n) is 4.83. The minimum atomic E-state index is -0.832. The molecule has 0 atom stereocenters. The maximum atomic E-state index is 10.6. The van der Waals surface area contributed by atoms with Crippen LogP contribution in [0.3, 0.4) is 0 Å². The standard InChI is InChI=1S/C12H20N2O2S/c1-8(2)6-14(9(3)4)12-13-10(7-17-12)5-11(15)16/h7-9H,5-6H2,1-4H3,(H,15,16). The fourth-order valence-electron chi connectivity index (χ4n) is 1.57. The molecule has 0 saturated heterocycles. The summed E-state index contributed by atoms with van der Waals surface area (Å²) in [5, 5.41) is 11.5. The van der Waals surface area contributed by atoms with E-state index in [0.717, 1.165) is 11.7 Å². The van der Waals surface area contributed by atoms with Gasteiger partial charge in [0.05, 0.1) is 12.1 Å². The molecule has 17 heavy (non-hydrogen) atoms. The molecule has 0 saturated carbocycles. The van der Waals surface area contributed by atoms with Crippen LogP contribution in [0.5, 0.6) is 0 Å². The van der Waals surface area contributed by atoms with E-state index in [1.807, 2.05) is 5.38 Å².